The van der Waals surface area contributed by atoms with E-state index >= 15 is 0 Å². The van der Waals surface area contributed by atoms with Crippen molar-refractivity contribution in [3.8, 4) is 11.5 Å². The molecule has 9 heteroatoms. The van der Waals surface area contributed by atoms with E-state index in [0.717, 1.165) is 49.3 Å². The van der Waals surface area contributed by atoms with Crippen LogP contribution in [0.5, 0.6) is 11.5 Å². The molecule has 2 aromatic rings. The van der Waals surface area contributed by atoms with E-state index in [2.05, 4.69) is 17.7 Å². The van der Waals surface area contributed by atoms with Crippen LogP contribution in [0.4, 0.5) is 30.7 Å². The predicted molar refractivity (Wildman–Crippen MR) is 138 cm³/mol. The van der Waals surface area contributed by atoms with E-state index in [1.54, 1.807) is 6.07 Å². The molecule has 2 aromatic carbocycles. The van der Waals surface area contributed by atoms with Crippen LogP contribution >= 0.6 is 0 Å². The third-order valence-corrected chi connectivity index (χ3v) is 8.33. The molecule has 0 atom stereocenters. The summed E-state index contributed by atoms with van der Waals surface area (Å²) in [5, 5.41) is 0. The van der Waals surface area contributed by atoms with E-state index < -0.39 is 35.7 Å². The van der Waals surface area contributed by atoms with Gasteiger partial charge in [-0.25, -0.2) is 8.78 Å². The van der Waals surface area contributed by atoms with Crippen LogP contribution in [0.15, 0.2) is 48.6 Å². The molecule has 220 valence electrons. The predicted octanol–water partition coefficient (Wildman–Crippen LogP) is 10.1. The van der Waals surface area contributed by atoms with Crippen LogP contribution in [0.1, 0.15) is 81.8 Å². The van der Waals surface area contributed by atoms with Crippen molar-refractivity contribution in [2.45, 2.75) is 89.5 Å². The number of ether oxygens (including phenoxy) is 2. The highest BCUT2D eigenvalue weighted by molar-refractivity contribution is 5.33. The summed E-state index contributed by atoms with van der Waals surface area (Å²) in [6.07, 6.45) is 2.38. The van der Waals surface area contributed by atoms with Gasteiger partial charge in [-0.3, -0.25) is 0 Å². The molecule has 0 aliphatic heterocycles. The van der Waals surface area contributed by atoms with Crippen LogP contribution < -0.4 is 9.47 Å². The Balaban J connectivity index is 1.26. The number of hydrogen-bond donors (Lipinski definition) is 0. The normalized spacial score (nSPS) is 24.3. The Morgan fingerprint density at radius 1 is 0.750 bits per heavy atom. The SMILES string of the molecule is CC/C=C\Cc1ccc(C2CCC(C3CCC(C(F)(F)Oc4ccc(OC(F)(F)F)c(F)c4)CC3)CC2)c(F)c1. The van der Waals surface area contributed by atoms with Crippen LogP contribution in [-0.2, 0) is 6.42 Å². The number of hydrogen-bond acceptors (Lipinski definition) is 2. The first-order chi connectivity index (χ1) is 18.9. The van der Waals surface area contributed by atoms with Crippen molar-refractivity contribution in [2.24, 2.45) is 17.8 Å². The van der Waals surface area contributed by atoms with Crippen molar-refractivity contribution in [1.29, 1.82) is 0 Å². The molecule has 0 radical (unpaired) electrons. The third kappa shape index (κ3) is 7.94. The van der Waals surface area contributed by atoms with Crippen molar-refractivity contribution >= 4 is 0 Å². The van der Waals surface area contributed by atoms with Gasteiger partial charge in [0.2, 0.25) is 0 Å². The first-order valence-corrected chi connectivity index (χ1v) is 14.0. The monoisotopic (exact) mass is 572 g/mol. The zero-order valence-corrected chi connectivity index (χ0v) is 22.5. The maximum atomic E-state index is 14.9. The Morgan fingerprint density at radius 3 is 1.98 bits per heavy atom. The van der Waals surface area contributed by atoms with Crippen molar-refractivity contribution < 1.29 is 40.2 Å². The molecule has 0 heterocycles. The highest BCUT2D eigenvalue weighted by Gasteiger charge is 2.45. The maximum Gasteiger partial charge on any atom is 0.573 e. The molecule has 0 spiro atoms. The van der Waals surface area contributed by atoms with Gasteiger partial charge in [0.05, 0.1) is 5.92 Å². The Morgan fingerprint density at radius 2 is 1.40 bits per heavy atom. The third-order valence-electron chi connectivity index (χ3n) is 8.33. The number of benzene rings is 2. The molecule has 0 unspecified atom stereocenters. The molecule has 0 aromatic heterocycles. The number of alkyl halides is 5. The van der Waals surface area contributed by atoms with E-state index in [1.807, 2.05) is 18.2 Å². The van der Waals surface area contributed by atoms with E-state index in [9.17, 15) is 30.7 Å². The highest BCUT2D eigenvalue weighted by atomic mass is 19.4. The van der Waals surface area contributed by atoms with Gasteiger partial charge in [-0.05, 0) is 111 Å². The summed E-state index contributed by atoms with van der Waals surface area (Å²) in [5.74, 6) is -3.47. The van der Waals surface area contributed by atoms with Crippen LogP contribution in [0.3, 0.4) is 0 Å². The molecule has 0 amide bonds. The minimum Gasteiger partial charge on any atom is -0.432 e. The quantitative estimate of drug-likeness (QED) is 0.220. The van der Waals surface area contributed by atoms with Crippen molar-refractivity contribution in [3.05, 3.63) is 71.3 Å². The van der Waals surface area contributed by atoms with Crippen LogP contribution in [-0.4, -0.2) is 12.5 Å². The standard InChI is InChI=1S/C31H35F7O2/c1-2-3-4-5-20-6-16-26(27(32)18-20)23-9-7-21(8-10-23)22-11-13-24(14-12-22)30(34,35)39-25-15-17-29(28(33)19-25)40-31(36,37)38/h3-4,6,15-19,21-24H,2,5,7-14H2,1H3/b4-3-. The molecule has 0 saturated heterocycles. The Hall–Kier alpha value is -2.71. The van der Waals surface area contributed by atoms with Gasteiger partial charge in [0, 0.05) is 6.07 Å². The highest BCUT2D eigenvalue weighted by Crippen LogP contribution is 2.47. The first kappa shape index (κ1) is 30.3. The summed E-state index contributed by atoms with van der Waals surface area (Å²) in [6, 6.07) is 7.45. The molecule has 0 bridgehead atoms. The summed E-state index contributed by atoms with van der Waals surface area (Å²) < 4.78 is 104. The smallest absolute Gasteiger partial charge is 0.432 e. The lowest BCUT2D eigenvalue weighted by atomic mass is 9.68. The fourth-order valence-corrected chi connectivity index (χ4v) is 6.24. The lowest BCUT2D eigenvalue weighted by Gasteiger charge is -2.39. The Bertz CT molecular complexity index is 1140. The summed E-state index contributed by atoms with van der Waals surface area (Å²) in [7, 11) is 0. The minimum absolute atomic E-state index is 0.156. The molecule has 2 saturated carbocycles. The van der Waals surface area contributed by atoms with Gasteiger partial charge in [0.25, 0.3) is 0 Å². The molecule has 40 heavy (non-hydrogen) atoms. The van der Waals surface area contributed by atoms with Crippen LogP contribution in [0.25, 0.3) is 0 Å². The zero-order valence-electron chi connectivity index (χ0n) is 22.5. The first-order valence-electron chi connectivity index (χ1n) is 14.0. The topological polar surface area (TPSA) is 18.5 Å². The summed E-state index contributed by atoms with van der Waals surface area (Å²) in [4.78, 5) is 0. The van der Waals surface area contributed by atoms with Crippen molar-refractivity contribution in [2.75, 3.05) is 0 Å². The van der Waals surface area contributed by atoms with Crippen LogP contribution in [0.2, 0.25) is 0 Å². The van der Waals surface area contributed by atoms with Crippen molar-refractivity contribution in [3.63, 3.8) is 0 Å². The van der Waals surface area contributed by atoms with Gasteiger partial charge in [0.1, 0.15) is 11.6 Å². The maximum absolute atomic E-state index is 14.9. The zero-order chi connectivity index (χ0) is 28.9. The molecule has 2 nitrogen and oxygen atoms in total. The van der Waals surface area contributed by atoms with Gasteiger partial charge in [-0.15, -0.1) is 13.2 Å². The molecule has 2 aliphatic carbocycles. The second-order valence-electron chi connectivity index (χ2n) is 11.0. The van der Waals surface area contributed by atoms with Gasteiger partial charge >= 0.3 is 12.5 Å². The van der Waals surface area contributed by atoms with Gasteiger partial charge in [-0.1, -0.05) is 31.2 Å². The van der Waals surface area contributed by atoms with E-state index in [1.165, 1.54) is 0 Å². The second kappa shape index (κ2) is 12.9. The van der Waals surface area contributed by atoms with Gasteiger partial charge in [0.15, 0.2) is 11.6 Å². The summed E-state index contributed by atoms with van der Waals surface area (Å²) >= 11 is 0. The Kier molecular flexibility index (Phi) is 9.72. The second-order valence-corrected chi connectivity index (χ2v) is 11.0. The minimum atomic E-state index is -5.10. The average Bonchev–Trinajstić information content (AvgIpc) is 2.90. The summed E-state index contributed by atoms with van der Waals surface area (Å²) in [6.45, 7) is 2.06. The molecule has 2 fully saturated rings. The summed E-state index contributed by atoms with van der Waals surface area (Å²) in [5.41, 5.74) is 1.71. The number of halogens is 7. The largest absolute Gasteiger partial charge is 0.573 e. The fourth-order valence-electron chi connectivity index (χ4n) is 6.24. The number of allylic oxidation sites excluding steroid dienone is 2. The van der Waals surface area contributed by atoms with Gasteiger partial charge < -0.3 is 9.47 Å². The van der Waals surface area contributed by atoms with Crippen molar-refractivity contribution in [1.82, 2.24) is 0 Å². The average molecular weight is 573 g/mol. The fraction of sp³-hybridized carbons (Fsp3) is 0.548. The lowest BCUT2D eigenvalue weighted by molar-refractivity contribution is -0.275. The van der Waals surface area contributed by atoms with Crippen LogP contribution in [0, 0.1) is 29.4 Å². The van der Waals surface area contributed by atoms with E-state index in [-0.39, 0.29) is 24.6 Å². The molecular formula is C31H35F7O2. The molecule has 2 aliphatic rings. The lowest BCUT2D eigenvalue weighted by Crippen LogP contribution is -2.38. The van der Waals surface area contributed by atoms with E-state index in [0.29, 0.717) is 43.2 Å². The molecular weight excluding hydrogens is 537 g/mol. The molecule has 4 rings (SSSR count). The number of rotatable bonds is 9. The van der Waals surface area contributed by atoms with E-state index in [4.69, 9.17) is 4.74 Å². The van der Waals surface area contributed by atoms with Gasteiger partial charge in [-0.2, -0.15) is 8.78 Å². The molecule has 0 N–H and O–H groups in total. The Labute approximate surface area is 230 Å².